The monoisotopic (exact) mass is 554 g/mol. The average molecular weight is 555 g/mol. The molecule has 1 heterocycles. The van der Waals surface area contributed by atoms with Gasteiger partial charge in [-0.2, -0.15) is 5.10 Å². The van der Waals surface area contributed by atoms with E-state index in [4.69, 9.17) is 17.0 Å². The Morgan fingerprint density at radius 2 is 1.89 bits per heavy atom. The number of nitrogens with zero attached hydrogens (tertiary/aromatic N) is 4. The maximum Gasteiger partial charge on any atom is 0.426 e. The van der Waals surface area contributed by atoms with Crippen LogP contribution in [0.5, 0.6) is 0 Å². The third-order valence-corrected chi connectivity index (χ3v) is 6.32. The van der Waals surface area contributed by atoms with Gasteiger partial charge in [0.2, 0.25) is 0 Å². The lowest BCUT2D eigenvalue weighted by atomic mass is 9.86. The summed E-state index contributed by atoms with van der Waals surface area (Å²) >= 11 is 5.60. The summed E-state index contributed by atoms with van der Waals surface area (Å²) in [4.78, 5) is 16.6. The van der Waals surface area contributed by atoms with Crippen molar-refractivity contribution in [2.75, 3.05) is 6.54 Å². The number of thiocarbonyl (C=S) groups is 1. The number of nitrogens with one attached hydrogen (secondary N) is 2. The Labute approximate surface area is 228 Å². The van der Waals surface area contributed by atoms with Gasteiger partial charge in [-0.1, -0.05) is 45.1 Å². The van der Waals surface area contributed by atoms with Gasteiger partial charge < -0.3 is 15.2 Å². The highest BCUT2D eigenvalue weighted by Crippen LogP contribution is 2.32. The number of rotatable bonds is 12. The summed E-state index contributed by atoms with van der Waals surface area (Å²) in [6.45, 7) is 9.14. The molecule has 3 N–H and O–H groups in total. The minimum Gasteiger partial charge on any atom is -0.443 e. The van der Waals surface area contributed by atoms with Gasteiger partial charge in [-0.25, -0.2) is 28.7 Å². The second-order valence-corrected chi connectivity index (χ2v) is 10.7. The van der Waals surface area contributed by atoms with E-state index in [-0.39, 0.29) is 17.2 Å². The first kappa shape index (κ1) is 31.4. The lowest BCUT2D eigenvalue weighted by Crippen LogP contribution is -2.62. The smallest absolute Gasteiger partial charge is 0.426 e. The number of halogens is 2. The Morgan fingerprint density at radius 1 is 1.21 bits per heavy atom. The average Bonchev–Trinajstić information content (AvgIpc) is 3.33. The van der Waals surface area contributed by atoms with E-state index in [9.17, 15) is 14.3 Å². The molecule has 1 amide bonds. The van der Waals surface area contributed by atoms with Gasteiger partial charge in [0.25, 0.3) is 0 Å². The van der Waals surface area contributed by atoms with Crippen molar-refractivity contribution in [3.05, 3.63) is 48.1 Å². The topological polar surface area (TPSA) is 105 Å². The van der Waals surface area contributed by atoms with Crippen molar-refractivity contribution in [1.29, 1.82) is 0 Å². The van der Waals surface area contributed by atoms with E-state index in [1.807, 2.05) is 0 Å². The van der Waals surface area contributed by atoms with Crippen LogP contribution in [0.15, 0.2) is 30.9 Å². The van der Waals surface area contributed by atoms with Gasteiger partial charge in [0.15, 0.2) is 5.11 Å². The Morgan fingerprint density at radius 3 is 2.50 bits per heavy atom. The number of carbonyl (C=O) groups excluding carboxylic acids is 1. The predicted molar refractivity (Wildman–Crippen MR) is 145 cm³/mol. The van der Waals surface area contributed by atoms with E-state index < -0.39 is 35.0 Å². The van der Waals surface area contributed by atoms with E-state index in [2.05, 4.69) is 27.7 Å². The molecule has 2 atom stereocenters. The summed E-state index contributed by atoms with van der Waals surface area (Å²) < 4.78 is 35.5. The van der Waals surface area contributed by atoms with Gasteiger partial charge in [-0.3, -0.25) is 5.01 Å². The predicted octanol–water partition coefficient (Wildman–Crippen LogP) is 4.81. The van der Waals surface area contributed by atoms with Gasteiger partial charge in [-0.15, -0.1) is 0 Å². The van der Waals surface area contributed by atoms with E-state index in [1.54, 1.807) is 27.7 Å². The van der Waals surface area contributed by atoms with Gasteiger partial charge in [0, 0.05) is 18.2 Å². The fourth-order valence-electron chi connectivity index (χ4n) is 3.97. The fourth-order valence-corrected chi connectivity index (χ4v) is 4.27. The highest BCUT2D eigenvalue weighted by atomic mass is 32.1. The lowest BCUT2D eigenvalue weighted by Gasteiger charge is -2.42. The van der Waals surface area contributed by atoms with E-state index in [0.717, 1.165) is 37.8 Å². The summed E-state index contributed by atoms with van der Waals surface area (Å²) in [6, 6.07) is 1.84. The van der Waals surface area contributed by atoms with Crippen LogP contribution in [0.2, 0.25) is 0 Å². The van der Waals surface area contributed by atoms with Crippen LogP contribution in [0.4, 0.5) is 13.6 Å². The standard InChI is InChI=1S/C26H40F2N6O3S/c1-6-7-8-9-10-11-14-30-23(38)34(32-24(35)37-25(3,4)5)19(2)26(36,16-33-18-29-17-31-33)21-13-12-20(27)15-22(21)28/h12-13,15,17-19,36H,6-11,14,16H2,1-5H3,(H,30,38)(H,32,35)/t19-,26-/m1/s1. The highest BCUT2D eigenvalue weighted by molar-refractivity contribution is 7.80. The number of hydrogen-bond donors (Lipinski definition) is 3. The first-order chi connectivity index (χ1) is 17.9. The maximum atomic E-state index is 15.0. The zero-order valence-electron chi connectivity index (χ0n) is 22.8. The molecule has 0 aliphatic rings. The van der Waals surface area contributed by atoms with Crippen LogP contribution in [-0.2, 0) is 16.9 Å². The molecule has 9 nitrogen and oxygen atoms in total. The molecule has 212 valence electrons. The maximum absolute atomic E-state index is 15.0. The molecule has 0 saturated carbocycles. The second-order valence-electron chi connectivity index (χ2n) is 10.3. The lowest BCUT2D eigenvalue weighted by molar-refractivity contribution is -0.0582. The molecule has 0 aliphatic heterocycles. The fraction of sp³-hybridized carbons (Fsp3) is 0.615. The number of benzene rings is 1. The molecule has 2 rings (SSSR count). The third-order valence-electron chi connectivity index (χ3n) is 5.98. The summed E-state index contributed by atoms with van der Waals surface area (Å²) in [5.74, 6) is -1.75. The summed E-state index contributed by atoms with van der Waals surface area (Å²) in [6.07, 6.45) is 8.34. The van der Waals surface area contributed by atoms with Crippen LogP contribution in [0.1, 0.15) is 78.7 Å². The number of carbonyl (C=O) groups is 1. The minimum atomic E-state index is -2.04. The molecular formula is C26H40F2N6O3S. The largest absolute Gasteiger partial charge is 0.443 e. The van der Waals surface area contributed by atoms with Gasteiger partial charge in [0.05, 0.1) is 12.6 Å². The third kappa shape index (κ3) is 9.46. The molecule has 1 aromatic carbocycles. The van der Waals surface area contributed by atoms with Crippen molar-refractivity contribution in [3.8, 4) is 0 Å². The van der Waals surface area contributed by atoms with Crippen LogP contribution < -0.4 is 10.7 Å². The van der Waals surface area contributed by atoms with Crippen LogP contribution in [0, 0.1) is 11.6 Å². The van der Waals surface area contributed by atoms with Crippen LogP contribution in [-0.4, -0.2) is 54.3 Å². The molecular weight excluding hydrogens is 514 g/mol. The van der Waals surface area contributed by atoms with Crippen molar-refractivity contribution in [2.24, 2.45) is 0 Å². The first-order valence-corrected chi connectivity index (χ1v) is 13.3. The van der Waals surface area contributed by atoms with Gasteiger partial charge in [0.1, 0.15) is 35.5 Å². The van der Waals surface area contributed by atoms with Crippen molar-refractivity contribution >= 4 is 23.4 Å². The molecule has 0 unspecified atom stereocenters. The van der Waals surface area contributed by atoms with Crippen molar-refractivity contribution in [1.82, 2.24) is 30.5 Å². The Balaban J connectivity index is 2.34. The molecule has 2 aromatic rings. The number of amides is 1. The van der Waals surface area contributed by atoms with Crippen LogP contribution in [0.3, 0.4) is 0 Å². The minimum absolute atomic E-state index is 0.108. The molecule has 38 heavy (non-hydrogen) atoms. The number of aromatic nitrogens is 3. The van der Waals surface area contributed by atoms with E-state index in [1.165, 1.54) is 35.2 Å². The Bertz CT molecular complexity index is 1030. The molecule has 0 saturated heterocycles. The SMILES string of the molecule is CCCCCCCCNC(=S)N(NC(=O)OC(C)(C)C)[C@H](C)[C@](O)(Cn1cncn1)c1ccc(F)cc1F. The number of hydrogen-bond acceptors (Lipinski definition) is 6. The molecule has 0 fully saturated rings. The van der Waals surface area contributed by atoms with Crippen molar-refractivity contribution < 1.29 is 23.4 Å². The van der Waals surface area contributed by atoms with E-state index in [0.29, 0.717) is 12.6 Å². The second kappa shape index (κ2) is 14.3. The molecule has 0 aliphatic carbocycles. The van der Waals surface area contributed by atoms with Gasteiger partial charge in [-0.05, 0) is 52.4 Å². The first-order valence-electron chi connectivity index (χ1n) is 12.9. The summed E-state index contributed by atoms with van der Waals surface area (Å²) in [7, 11) is 0. The number of unbranched alkanes of at least 4 members (excludes halogenated alkanes) is 5. The Hall–Kier alpha value is -2.86. The molecule has 0 spiro atoms. The number of aliphatic hydroxyl groups is 1. The Kier molecular flexibility index (Phi) is 11.8. The molecule has 12 heteroatoms. The normalized spacial score (nSPS) is 13.9. The summed E-state index contributed by atoms with van der Waals surface area (Å²) in [5, 5.41) is 20.5. The number of hydrazine groups is 1. The van der Waals surface area contributed by atoms with Crippen LogP contribution >= 0.6 is 12.2 Å². The van der Waals surface area contributed by atoms with Gasteiger partial charge >= 0.3 is 6.09 Å². The van der Waals surface area contributed by atoms with Crippen molar-refractivity contribution in [2.45, 2.75) is 96.9 Å². The summed E-state index contributed by atoms with van der Waals surface area (Å²) in [5.41, 5.74) is -0.437. The van der Waals surface area contributed by atoms with Crippen LogP contribution in [0.25, 0.3) is 0 Å². The number of ether oxygens (including phenoxy) is 1. The van der Waals surface area contributed by atoms with Crippen molar-refractivity contribution in [3.63, 3.8) is 0 Å². The molecule has 0 bridgehead atoms. The quantitative estimate of drug-likeness (QED) is 0.195. The molecule has 0 radical (unpaired) electrons. The van der Waals surface area contributed by atoms with E-state index >= 15 is 4.39 Å². The molecule has 1 aromatic heterocycles. The highest BCUT2D eigenvalue weighted by Gasteiger charge is 2.44. The zero-order valence-corrected chi connectivity index (χ0v) is 23.7. The zero-order chi connectivity index (χ0) is 28.3.